The molecule has 2 rings (SSSR count). The van der Waals surface area contributed by atoms with Gasteiger partial charge in [0.15, 0.2) is 8.32 Å². The molecule has 0 aromatic carbocycles. The van der Waals surface area contributed by atoms with Crippen molar-refractivity contribution in [1.29, 1.82) is 0 Å². The average Bonchev–Trinajstić information content (AvgIpc) is 3.05. The normalized spacial score (nSPS) is 12.5. The molecule has 0 aromatic heterocycles. The van der Waals surface area contributed by atoms with Crippen LogP contribution in [0.5, 0.6) is 0 Å². The van der Waals surface area contributed by atoms with Gasteiger partial charge in [0.1, 0.15) is 0 Å². The molecule has 0 saturated heterocycles. The smallest absolute Gasteiger partial charge is 0.179 e. The van der Waals surface area contributed by atoms with Crippen LogP contribution in [0.15, 0.2) is 36.5 Å². The topological polar surface area (TPSA) is 29.5 Å². The molecule has 1 N–H and O–H groups in total. The molecule has 22 heavy (non-hydrogen) atoms. The molecule has 0 amide bonds. The molecule has 0 heterocycles. The molecule has 6 heteroatoms. The monoisotopic (exact) mass is 440 g/mol. The van der Waals surface area contributed by atoms with E-state index in [4.69, 9.17) is 9.53 Å². The Hall–Kier alpha value is 0.430. The standard InChI is InChI=1S/2C5H5.C3H10OSi.C3H6O.2ClH.Zr/c2*1-2-4-5-3-1;1-5(2,3)4;1-3-4-2;;;/h2*1-3H,4H2;4H,1-3H3;1-2H3;2*1H;/q2*-1;;;;;+2. The van der Waals surface area contributed by atoms with Gasteiger partial charge in [-0.05, 0) is 19.6 Å². The number of methoxy groups -OCH3 is 1. The fourth-order valence-corrected chi connectivity index (χ4v) is 0.680. The fourth-order valence-electron chi connectivity index (χ4n) is 0.680. The maximum absolute atomic E-state index is 8.66. The minimum absolute atomic E-state index is 0. The van der Waals surface area contributed by atoms with Gasteiger partial charge in [-0.2, -0.15) is 12.2 Å². The minimum Gasteiger partial charge on any atom is -0.433 e. The summed E-state index contributed by atoms with van der Waals surface area (Å²) in [7, 11) is 0.0734. The molecule has 2 aliphatic rings. The van der Waals surface area contributed by atoms with E-state index in [2.05, 4.69) is 24.3 Å². The van der Waals surface area contributed by atoms with Crippen molar-refractivity contribution in [3.8, 4) is 0 Å². The van der Waals surface area contributed by atoms with Gasteiger partial charge in [0, 0.05) is 0 Å². The van der Waals surface area contributed by atoms with E-state index in [1.54, 1.807) is 7.11 Å². The molecule has 0 bridgehead atoms. The van der Waals surface area contributed by atoms with E-state index in [0.717, 1.165) is 16.2 Å². The SMILES string of the molecule is CO[C](C)=[Zr+2].C[Si](C)(C)O.Cl.Cl.[C-]1=CC=CC1.[C-]1=CC=CC1. The van der Waals surface area contributed by atoms with E-state index >= 15 is 0 Å². The van der Waals surface area contributed by atoms with E-state index in [-0.39, 0.29) is 24.8 Å². The Balaban J connectivity index is -0.0000000953. The molecule has 0 spiro atoms. The largest absolute Gasteiger partial charge is 0.433 e. The molecule has 2 aliphatic carbocycles. The molecule has 126 valence electrons. The Morgan fingerprint density at radius 3 is 1.36 bits per heavy atom. The zero-order valence-electron chi connectivity index (χ0n) is 14.1. The van der Waals surface area contributed by atoms with Crippen molar-refractivity contribution in [1.82, 2.24) is 0 Å². The van der Waals surface area contributed by atoms with Crippen molar-refractivity contribution in [2.75, 3.05) is 7.11 Å². The van der Waals surface area contributed by atoms with Crippen LogP contribution in [0.25, 0.3) is 0 Å². The van der Waals surface area contributed by atoms with Gasteiger partial charge in [0.2, 0.25) is 0 Å². The molecular formula is C16H28Cl2O2SiZr. The third-order valence-electron chi connectivity index (χ3n) is 1.48. The Kier molecular flexibility index (Phi) is 29.5. The summed E-state index contributed by atoms with van der Waals surface area (Å²) in [5.74, 6) is 0. The van der Waals surface area contributed by atoms with Gasteiger partial charge in [-0.1, -0.05) is 0 Å². The van der Waals surface area contributed by atoms with Crippen LogP contribution in [-0.2, 0) is 29.0 Å². The van der Waals surface area contributed by atoms with Crippen LogP contribution in [0, 0.1) is 12.2 Å². The second-order valence-electron chi connectivity index (χ2n) is 4.94. The molecule has 0 radical (unpaired) electrons. The van der Waals surface area contributed by atoms with Crippen LogP contribution in [-0.4, -0.2) is 23.6 Å². The molecule has 0 aliphatic heterocycles. The van der Waals surface area contributed by atoms with E-state index in [1.807, 2.05) is 50.9 Å². The summed E-state index contributed by atoms with van der Waals surface area (Å²) in [5, 5.41) is 0. The third-order valence-corrected chi connectivity index (χ3v) is 1.98. The molecule has 0 aromatic rings. The van der Waals surface area contributed by atoms with Gasteiger partial charge in [-0.3, -0.25) is 12.2 Å². The summed E-state index contributed by atoms with van der Waals surface area (Å²) >= 11 is 1.36. The Morgan fingerprint density at radius 1 is 1.05 bits per heavy atom. The van der Waals surface area contributed by atoms with Gasteiger partial charge in [0.05, 0.1) is 0 Å². The van der Waals surface area contributed by atoms with E-state index in [1.165, 1.54) is 24.2 Å². The van der Waals surface area contributed by atoms with Crippen LogP contribution in [0.1, 0.15) is 19.8 Å². The Bertz CT molecular complexity index is 312. The van der Waals surface area contributed by atoms with Gasteiger partial charge >= 0.3 is 46.4 Å². The summed E-state index contributed by atoms with van der Waals surface area (Å²) < 4.78 is 5.80. The van der Waals surface area contributed by atoms with Gasteiger partial charge in [-0.15, -0.1) is 37.7 Å². The first-order valence-electron chi connectivity index (χ1n) is 6.52. The number of halogens is 2. The quantitative estimate of drug-likeness (QED) is 0.475. The maximum Gasteiger partial charge on any atom is 0.179 e. The zero-order valence-corrected chi connectivity index (χ0v) is 19.1. The second-order valence-corrected chi connectivity index (χ2v) is 11.0. The summed E-state index contributed by atoms with van der Waals surface area (Å²) in [5.41, 5.74) is 0. The van der Waals surface area contributed by atoms with Crippen LogP contribution in [0.4, 0.5) is 0 Å². The Morgan fingerprint density at radius 2 is 1.32 bits per heavy atom. The number of allylic oxidation sites excluding steroid dienone is 8. The summed E-state index contributed by atoms with van der Waals surface area (Å²) in [6.45, 7) is 7.60. The predicted octanol–water partition coefficient (Wildman–Crippen LogP) is 4.60. The number of rotatable bonds is 1. The number of ether oxygens (including phenoxy) is 1. The number of hydrogen-bond acceptors (Lipinski definition) is 2. The first-order chi connectivity index (χ1) is 9.27. The van der Waals surface area contributed by atoms with Crippen LogP contribution < -0.4 is 0 Å². The third kappa shape index (κ3) is 49.9. The minimum atomic E-state index is -1.61. The summed E-state index contributed by atoms with van der Waals surface area (Å²) in [6.07, 6.45) is 20.0. The van der Waals surface area contributed by atoms with Crippen LogP contribution in [0.2, 0.25) is 19.6 Å². The molecule has 0 atom stereocenters. The van der Waals surface area contributed by atoms with E-state index in [0.29, 0.717) is 0 Å². The van der Waals surface area contributed by atoms with Crippen molar-refractivity contribution < 1.29 is 33.8 Å². The average molecular weight is 443 g/mol. The van der Waals surface area contributed by atoms with E-state index in [9.17, 15) is 0 Å². The Labute approximate surface area is 164 Å². The van der Waals surface area contributed by atoms with Crippen LogP contribution in [0.3, 0.4) is 0 Å². The summed E-state index contributed by atoms with van der Waals surface area (Å²) in [6, 6.07) is 0. The van der Waals surface area contributed by atoms with Gasteiger partial charge < -0.3 is 4.80 Å². The van der Waals surface area contributed by atoms with Crippen molar-refractivity contribution in [3.05, 3.63) is 48.6 Å². The molecule has 0 unspecified atom stereocenters. The first kappa shape index (κ1) is 30.3. The van der Waals surface area contributed by atoms with Crippen LogP contribution >= 0.6 is 24.8 Å². The van der Waals surface area contributed by atoms with E-state index < -0.39 is 8.32 Å². The molecule has 0 saturated carbocycles. The van der Waals surface area contributed by atoms with Crippen molar-refractivity contribution in [2.24, 2.45) is 0 Å². The molecule has 0 fully saturated rings. The van der Waals surface area contributed by atoms with Gasteiger partial charge in [0.25, 0.3) is 0 Å². The second kappa shape index (κ2) is 21.4. The summed E-state index contributed by atoms with van der Waals surface area (Å²) in [4.78, 5) is 8.66. The predicted molar refractivity (Wildman–Crippen MR) is 101 cm³/mol. The zero-order chi connectivity index (χ0) is 15.9. The van der Waals surface area contributed by atoms with Gasteiger partial charge in [-0.25, -0.2) is 24.3 Å². The maximum atomic E-state index is 8.66. The fraction of sp³-hybridized carbons (Fsp3) is 0.438. The first-order valence-corrected chi connectivity index (χ1v) is 11.2. The van der Waals surface area contributed by atoms with Crippen molar-refractivity contribution >= 4 is 36.5 Å². The van der Waals surface area contributed by atoms with Crippen molar-refractivity contribution in [3.63, 3.8) is 0 Å². The van der Waals surface area contributed by atoms with Crippen molar-refractivity contribution in [2.45, 2.75) is 39.4 Å². The number of hydrogen-bond donors (Lipinski definition) is 1. The molecular weight excluding hydrogens is 414 g/mol. The molecule has 2 nitrogen and oxygen atoms in total.